The third kappa shape index (κ3) is 3.07. The predicted octanol–water partition coefficient (Wildman–Crippen LogP) is 2.10. The van der Waals surface area contributed by atoms with Crippen LogP contribution < -0.4 is 5.32 Å². The highest BCUT2D eigenvalue weighted by atomic mass is 32.1. The fourth-order valence-electron chi connectivity index (χ4n) is 2.33. The molecule has 1 aromatic heterocycles. The third-order valence-corrected chi connectivity index (χ3v) is 4.22. The van der Waals surface area contributed by atoms with E-state index >= 15 is 0 Å². The van der Waals surface area contributed by atoms with Crippen LogP contribution in [-0.4, -0.2) is 22.7 Å². The van der Waals surface area contributed by atoms with Gasteiger partial charge in [-0.1, -0.05) is 6.07 Å². The molecule has 1 amide bonds. The van der Waals surface area contributed by atoms with Gasteiger partial charge < -0.3 is 10.4 Å². The monoisotopic (exact) mass is 253 g/mol. The molecule has 1 aliphatic carbocycles. The fraction of sp³-hybridized carbons (Fsp3) is 0.615. The van der Waals surface area contributed by atoms with Gasteiger partial charge in [0.15, 0.2) is 0 Å². The molecule has 0 aromatic carbocycles. The minimum absolute atomic E-state index is 0.0748. The second-order valence-corrected chi connectivity index (χ2v) is 5.93. The first-order valence-electron chi connectivity index (χ1n) is 6.16. The molecule has 1 fully saturated rings. The van der Waals surface area contributed by atoms with Crippen LogP contribution in [0.1, 0.15) is 37.5 Å². The smallest absolute Gasteiger partial charge is 0.252 e. The van der Waals surface area contributed by atoms with Crippen molar-refractivity contribution in [1.82, 2.24) is 5.32 Å². The Hall–Kier alpha value is -0.870. The number of carbonyl (C=O) groups excluding carboxylic acids is 1. The summed E-state index contributed by atoms with van der Waals surface area (Å²) in [5.41, 5.74) is -1.11. The number of nitrogens with one attached hydrogen (secondary N) is 1. The van der Waals surface area contributed by atoms with E-state index in [2.05, 4.69) is 11.4 Å². The van der Waals surface area contributed by atoms with Crippen molar-refractivity contribution in [3.63, 3.8) is 0 Å². The zero-order chi connectivity index (χ0) is 12.3. The number of hydrogen-bond donors (Lipinski definition) is 2. The van der Waals surface area contributed by atoms with Crippen molar-refractivity contribution in [3.8, 4) is 0 Å². The highest BCUT2D eigenvalue weighted by Gasteiger charge is 2.39. The van der Waals surface area contributed by atoms with E-state index in [4.69, 9.17) is 0 Å². The number of aliphatic hydroxyl groups is 1. The van der Waals surface area contributed by atoms with Gasteiger partial charge in [-0.25, -0.2) is 0 Å². The van der Waals surface area contributed by atoms with Crippen LogP contribution in [0.2, 0.25) is 0 Å². The molecule has 0 saturated heterocycles. The van der Waals surface area contributed by atoms with E-state index in [0.717, 1.165) is 19.3 Å². The van der Waals surface area contributed by atoms with Crippen molar-refractivity contribution in [3.05, 3.63) is 22.4 Å². The number of rotatable bonds is 4. The van der Waals surface area contributed by atoms with E-state index in [-0.39, 0.29) is 11.9 Å². The van der Waals surface area contributed by atoms with Crippen LogP contribution in [0, 0.1) is 0 Å². The van der Waals surface area contributed by atoms with Crippen molar-refractivity contribution in [2.75, 3.05) is 0 Å². The summed E-state index contributed by atoms with van der Waals surface area (Å²) in [6, 6.07) is 4.15. The Morgan fingerprint density at radius 3 is 2.88 bits per heavy atom. The summed E-state index contributed by atoms with van der Waals surface area (Å²) < 4.78 is 0. The molecule has 1 saturated carbocycles. The van der Waals surface area contributed by atoms with E-state index < -0.39 is 5.60 Å². The van der Waals surface area contributed by atoms with Gasteiger partial charge in [0.05, 0.1) is 0 Å². The molecule has 2 rings (SSSR count). The zero-order valence-corrected chi connectivity index (χ0v) is 10.9. The number of thiophene rings is 1. The summed E-state index contributed by atoms with van der Waals surface area (Å²) in [5.74, 6) is -0.195. The number of amides is 1. The lowest BCUT2D eigenvalue weighted by atomic mass is 10.0. The van der Waals surface area contributed by atoms with Crippen molar-refractivity contribution >= 4 is 17.2 Å². The van der Waals surface area contributed by atoms with E-state index in [9.17, 15) is 9.90 Å². The summed E-state index contributed by atoms with van der Waals surface area (Å²) in [4.78, 5) is 13.2. The van der Waals surface area contributed by atoms with E-state index in [0.29, 0.717) is 12.8 Å². The topological polar surface area (TPSA) is 49.3 Å². The SMILES string of the molecule is CC(Cc1cccs1)NC(=O)C1(O)CCCC1. The first-order valence-corrected chi connectivity index (χ1v) is 7.04. The van der Waals surface area contributed by atoms with Crippen LogP contribution in [0.25, 0.3) is 0 Å². The number of hydrogen-bond acceptors (Lipinski definition) is 3. The Morgan fingerprint density at radius 2 is 2.29 bits per heavy atom. The molecule has 1 heterocycles. The molecule has 0 radical (unpaired) electrons. The summed E-state index contributed by atoms with van der Waals surface area (Å²) in [7, 11) is 0. The predicted molar refractivity (Wildman–Crippen MR) is 69.0 cm³/mol. The standard InChI is InChI=1S/C13H19NO2S/c1-10(9-11-5-4-8-17-11)14-12(15)13(16)6-2-3-7-13/h4-5,8,10,16H,2-3,6-7,9H2,1H3,(H,14,15). The normalized spacial score (nSPS) is 20.1. The molecule has 1 aliphatic rings. The van der Waals surface area contributed by atoms with Crippen molar-refractivity contribution in [2.45, 2.75) is 50.7 Å². The maximum Gasteiger partial charge on any atom is 0.252 e. The first kappa shape index (κ1) is 12.6. The summed E-state index contributed by atoms with van der Waals surface area (Å²) >= 11 is 1.70. The van der Waals surface area contributed by atoms with Gasteiger partial charge in [0.25, 0.3) is 5.91 Å². The van der Waals surface area contributed by atoms with Gasteiger partial charge in [-0.15, -0.1) is 11.3 Å². The maximum absolute atomic E-state index is 11.9. The average Bonchev–Trinajstić information content (AvgIpc) is 2.90. The van der Waals surface area contributed by atoms with Crippen LogP contribution in [0.3, 0.4) is 0 Å². The van der Waals surface area contributed by atoms with Gasteiger partial charge in [-0.2, -0.15) is 0 Å². The van der Waals surface area contributed by atoms with Crippen LogP contribution in [0.4, 0.5) is 0 Å². The molecule has 4 heteroatoms. The Labute approximate surface area is 106 Å². The Morgan fingerprint density at radius 1 is 1.59 bits per heavy atom. The van der Waals surface area contributed by atoms with Crippen LogP contribution in [0.5, 0.6) is 0 Å². The average molecular weight is 253 g/mol. The molecule has 17 heavy (non-hydrogen) atoms. The summed E-state index contributed by atoms with van der Waals surface area (Å²) in [6.07, 6.45) is 3.93. The molecule has 0 spiro atoms. The minimum Gasteiger partial charge on any atom is -0.380 e. The third-order valence-electron chi connectivity index (χ3n) is 3.32. The minimum atomic E-state index is -1.11. The maximum atomic E-state index is 11.9. The van der Waals surface area contributed by atoms with Gasteiger partial charge in [-0.05, 0) is 44.1 Å². The van der Waals surface area contributed by atoms with E-state index in [1.807, 2.05) is 18.4 Å². The molecular formula is C13H19NO2S. The van der Waals surface area contributed by atoms with Crippen LogP contribution in [-0.2, 0) is 11.2 Å². The van der Waals surface area contributed by atoms with Crippen LogP contribution >= 0.6 is 11.3 Å². The summed E-state index contributed by atoms with van der Waals surface area (Å²) in [6.45, 7) is 1.98. The second kappa shape index (κ2) is 5.19. The largest absolute Gasteiger partial charge is 0.380 e. The molecule has 3 nitrogen and oxygen atoms in total. The lowest BCUT2D eigenvalue weighted by molar-refractivity contribution is -0.139. The lowest BCUT2D eigenvalue weighted by Gasteiger charge is -2.23. The molecular weight excluding hydrogens is 234 g/mol. The lowest BCUT2D eigenvalue weighted by Crippen LogP contribution is -2.48. The zero-order valence-electron chi connectivity index (χ0n) is 10.1. The van der Waals surface area contributed by atoms with Gasteiger partial charge in [0, 0.05) is 17.3 Å². The van der Waals surface area contributed by atoms with Gasteiger partial charge in [-0.3, -0.25) is 4.79 Å². The van der Waals surface area contributed by atoms with Gasteiger partial charge in [0.2, 0.25) is 0 Å². The molecule has 94 valence electrons. The highest BCUT2D eigenvalue weighted by Crippen LogP contribution is 2.29. The van der Waals surface area contributed by atoms with Crippen molar-refractivity contribution < 1.29 is 9.90 Å². The molecule has 1 atom stereocenters. The van der Waals surface area contributed by atoms with E-state index in [1.54, 1.807) is 11.3 Å². The van der Waals surface area contributed by atoms with Crippen molar-refractivity contribution in [1.29, 1.82) is 0 Å². The van der Waals surface area contributed by atoms with E-state index in [1.165, 1.54) is 4.88 Å². The quantitative estimate of drug-likeness (QED) is 0.863. The van der Waals surface area contributed by atoms with Gasteiger partial charge >= 0.3 is 0 Å². The Bertz CT molecular complexity index is 369. The fourth-order valence-corrected chi connectivity index (χ4v) is 3.16. The first-order chi connectivity index (χ1) is 8.10. The molecule has 2 N–H and O–H groups in total. The number of carbonyl (C=O) groups is 1. The molecule has 0 bridgehead atoms. The molecule has 0 aliphatic heterocycles. The summed E-state index contributed by atoms with van der Waals surface area (Å²) in [5, 5.41) is 15.1. The highest BCUT2D eigenvalue weighted by molar-refractivity contribution is 7.09. The van der Waals surface area contributed by atoms with Crippen molar-refractivity contribution in [2.24, 2.45) is 0 Å². The van der Waals surface area contributed by atoms with Gasteiger partial charge in [0.1, 0.15) is 5.60 Å². The molecule has 1 aromatic rings. The van der Waals surface area contributed by atoms with Crippen LogP contribution in [0.15, 0.2) is 17.5 Å². The Balaban J connectivity index is 1.86. The second-order valence-electron chi connectivity index (χ2n) is 4.90. The Kier molecular flexibility index (Phi) is 3.84. The molecule has 1 unspecified atom stereocenters.